The van der Waals surface area contributed by atoms with Crippen molar-refractivity contribution in [2.24, 2.45) is 5.92 Å². The number of urea groups is 1. The Morgan fingerprint density at radius 3 is 2.63 bits per heavy atom. The van der Waals surface area contributed by atoms with E-state index in [9.17, 15) is 9.59 Å². The molecule has 5 nitrogen and oxygen atoms in total. The fourth-order valence-corrected chi connectivity index (χ4v) is 3.42. The molecule has 27 heavy (non-hydrogen) atoms. The molecule has 5 heteroatoms. The number of anilines is 2. The van der Waals surface area contributed by atoms with Gasteiger partial charge in [-0.2, -0.15) is 0 Å². The number of Topliss-reactive ketones (excluding diaryl/α,β-unsaturated/α-hetero) is 1. The van der Waals surface area contributed by atoms with Crippen LogP contribution in [-0.4, -0.2) is 24.9 Å². The molecule has 1 fully saturated rings. The second kappa shape index (κ2) is 8.71. The van der Waals surface area contributed by atoms with Crippen molar-refractivity contribution in [1.29, 1.82) is 0 Å². The van der Waals surface area contributed by atoms with Crippen molar-refractivity contribution in [3.05, 3.63) is 59.7 Å². The number of carbonyl (C=O) groups excluding carboxylic acids is 2. The van der Waals surface area contributed by atoms with Crippen LogP contribution in [0, 0.1) is 5.92 Å². The minimum Gasteiger partial charge on any atom is -0.371 e. The Labute approximate surface area is 160 Å². The fraction of sp³-hybridized carbons (Fsp3) is 0.364. The van der Waals surface area contributed by atoms with Crippen molar-refractivity contribution in [3.8, 4) is 0 Å². The predicted molar refractivity (Wildman–Crippen MR) is 109 cm³/mol. The number of amides is 2. The van der Waals surface area contributed by atoms with Gasteiger partial charge in [0, 0.05) is 36.6 Å². The second-order valence-electron chi connectivity index (χ2n) is 7.30. The molecule has 1 aliphatic rings. The number of piperidine rings is 1. The minimum atomic E-state index is -0.287. The normalized spacial score (nSPS) is 16.7. The van der Waals surface area contributed by atoms with E-state index in [2.05, 4.69) is 46.7 Å². The number of rotatable bonds is 5. The average Bonchev–Trinajstić information content (AvgIpc) is 2.67. The third-order valence-corrected chi connectivity index (χ3v) is 4.94. The van der Waals surface area contributed by atoms with Crippen molar-refractivity contribution >= 4 is 23.2 Å². The van der Waals surface area contributed by atoms with Gasteiger partial charge in [-0.1, -0.05) is 31.2 Å². The van der Waals surface area contributed by atoms with Gasteiger partial charge in [0.15, 0.2) is 5.78 Å². The Hall–Kier alpha value is -2.82. The van der Waals surface area contributed by atoms with E-state index < -0.39 is 0 Å². The molecule has 0 spiro atoms. The molecule has 2 aromatic rings. The highest BCUT2D eigenvalue weighted by atomic mass is 16.2. The van der Waals surface area contributed by atoms with Crippen molar-refractivity contribution in [2.75, 3.05) is 23.3 Å². The Kier molecular flexibility index (Phi) is 6.12. The summed E-state index contributed by atoms with van der Waals surface area (Å²) in [4.78, 5) is 26.0. The summed E-state index contributed by atoms with van der Waals surface area (Å²) in [6.45, 7) is 6.49. The molecule has 0 radical (unpaired) electrons. The van der Waals surface area contributed by atoms with Crippen molar-refractivity contribution < 1.29 is 9.59 Å². The lowest BCUT2D eigenvalue weighted by Gasteiger charge is -2.32. The molecule has 0 unspecified atom stereocenters. The number of benzene rings is 2. The maximum Gasteiger partial charge on any atom is 0.319 e. The monoisotopic (exact) mass is 365 g/mol. The van der Waals surface area contributed by atoms with Gasteiger partial charge in [-0.25, -0.2) is 4.79 Å². The lowest BCUT2D eigenvalue weighted by atomic mass is 9.99. The first-order chi connectivity index (χ1) is 13.0. The smallest absolute Gasteiger partial charge is 0.319 e. The SMILES string of the molecule is CC(=O)c1cccc(NC(=O)NCc2ccc(N3CCC[C@H](C)C3)cc2)c1. The molecule has 1 saturated heterocycles. The molecule has 2 N–H and O–H groups in total. The Morgan fingerprint density at radius 2 is 1.93 bits per heavy atom. The van der Waals surface area contributed by atoms with Gasteiger partial charge in [-0.3, -0.25) is 4.79 Å². The molecule has 1 atom stereocenters. The molecule has 0 aromatic heterocycles. The van der Waals surface area contributed by atoms with Gasteiger partial charge in [-0.05, 0) is 55.5 Å². The number of nitrogens with one attached hydrogen (secondary N) is 2. The first-order valence-corrected chi connectivity index (χ1v) is 9.51. The van der Waals surface area contributed by atoms with Gasteiger partial charge in [0.2, 0.25) is 0 Å². The summed E-state index contributed by atoms with van der Waals surface area (Å²) in [6, 6.07) is 15.0. The fourth-order valence-electron chi connectivity index (χ4n) is 3.42. The van der Waals surface area contributed by atoms with E-state index in [1.54, 1.807) is 24.3 Å². The highest BCUT2D eigenvalue weighted by molar-refractivity contribution is 5.96. The molecule has 3 rings (SSSR count). The highest BCUT2D eigenvalue weighted by Crippen LogP contribution is 2.23. The Morgan fingerprint density at radius 1 is 1.15 bits per heavy atom. The van der Waals surface area contributed by atoms with E-state index in [0.29, 0.717) is 17.8 Å². The van der Waals surface area contributed by atoms with Gasteiger partial charge in [-0.15, -0.1) is 0 Å². The molecule has 1 heterocycles. The van der Waals surface area contributed by atoms with Gasteiger partial charge < -0.3 is 15.5 Å². The third-order valence-electron chi connectivity index (χ3n) is 4.94. The first-order valence-electron chi connectivity index (χ1n) is 9.51. The number of hydrogen-bond acceptors (Lipinski definition) is 3. The molecule has 0 saturated carbocycles. The number of ketones is 1. The molecule has 2 amide bonds. The zero-order chi connectivity index (χ0) is 19.2. The van der Waals surface area contributed by atoms with Gasteiger partial charge in [0.25, 0.3) is 0 Å². The van der Waals surface area contributed by atoms with Crippen LogP contribution >= 0.6 is 0 Å². The molecular formula is C22H27N3O2. The zero-order valence-electron chi connectivity index (χ0n) is 16.0. The van der Waals surface area contributed by atoms with E-state index in [4.69, 9.17) is 0 Å². The molecule has 142 valence electrons. The average molecular weight is 365 g/mol. The van der Waals surface area contributed by atoms with E-state index in [0.717, 1.165) is 24.6 Å². The quantitative estimate of drug-likeness (QED) is 0.770. The van der Waals surface area contributed by atoms with Crippen LogP contribution in [-0.2, 0) is 6.54 Å². The van der Waals surface area contributed by atoms with Crippen LogP contribution in [0.4, 0.5) is 16.2 Å². The van der Waals surface area contributed by atoms with Crippen LogP contribution in [0.5, 0.6) is 0 Å². The van der Waals surface area contributed by atoms with E-state index >= 15 is 0 Å². The highest BCUT2D eigenvalue weighted by Gasteiger charge is 2.16. The van der Waals surface area contributed by atoms with Gasteiger partial charge >= 0.3 is 6.03 Å². The largest absolute Gasteiger partial charge is 0.371 e. The summed E-state index contributed by atoms with van der Waals surface area (Å²) in [6.07, 6.45) is 2.55. The van der Waals surface area contributed by atoms with Crippen LogP contribution in [0.15, 0.2) is 48.5 Å². The maximum absolute atomic E-state index is 12.1. The van der Waals surface area contributed by atoms with Crippen molar-refractivity contribution in [3.63, 3.8) is 0 Å². The molecule has 0 bridgehead atoms. The van der Waals surface area contributed by atoms with Gasteiger partial charge in [0.1, 0.15) is 0 Å². The topological polar surface area (TPSA) is 61.4 Å². The van der Waals surface area contributed by atoms with Gasteiger partial charge in [0.05, 0.1) is 0 Å². The molecular weight excluding hydrogens is 338 g/mol. The summed E-state index contributed by atoms with van der Waals surface area (Å²) in [5, 5.41) is 5.62. The number of hydrogen-bond donors (Lipinski definition) is 2. The molecule has 1 aliphatic heterocycles. The number of carbonyl (C=O) groups is 2. The van der Waals surface area contributed by atoms with Crippen molar-refractivity contribution in [1.82, 2.24) is 5.32 Å². The summed E-state index contributed by atoms with van der Waals surface area (Å²) >= 11 is 0. The lowest BCUT2D eigenvalue weighted by Crippen LogP contribution is -2.34. The summed E-state index contributed by atoms with van der Waals surface area (Å²) in [5.74, 6) is 0.715. The number of nitrogens with zero attached hydrogens (tertiary/aromatic N) is 1. The predicted octanol–water partition coefficient (Wildman–Crippen LogP) is 4.45. The van der Waals surface area contributed by atoms with Crippen molar-refractivity contribution in [2.45, 2.75) is 33.2 Å². The standard InChI is InChI=1S/C22H27N3O2/c1-16-5-4-12-25(15-16)21-10-8-18(9-11-21)14-23-22(27)24-20-7-3-6-19(13-20)17(2)26/h3,6-11,13,16H,4-5,12,14-15H2,1-2H3,(H2,23,24,27)/t16-/m0/s1. The molecule has 0 aliphatic carbocycles. The minimum absolute atomic E-state index is 0.0257. The summed E-state index contributed by atoms with van der Waals surface area (Å²) in [7, 11) is 0. The van der Waals surface area contributed by atoms with E-state index in [1.807, 2.05) is 0 Å². The van der Waals surface area contributed by atoms with Crippen LogP contribution < -0.4 is 15.5 Å². The maximum atomic E-state index is 12.1. The third kappa shape index (κ3) is 5.33. The second-order valence-corrected chi connectivity index (χ2v) is 7.30. The van der Waals surface area contributed by atoms with E-state index in [-0.39, 0.29) is 11.8 Å². The lowest BCUT2D eigenvalue weighted by molar-refractivity contribution is 0.101. The Bertz CT molecular complexity index is 801. The summed E-state index contributed by atoms with van der Waals surface area (Å²) in [5.41, 5.74) is 3.48. The van der Waals surface area contributed by atoms with Crippen LogP contribution in [0.1, 0.15) is 42.6 Å². The van der Waals surface area contributed by atoms with Crippen LogP contribution in [0.25, 0.3) is 0 Å². The van der Waals surface area contributed by atoms with Crippen LogP contribution in [0.3, 0.4) is 0 Å². The zero-order valence-corrected chi connectivity index (χ0v) is 16.0. The molecule has 2 aromatic carbocycles. The first kappa shape index (κ1) is 19.0. The summed E-state index contributed by atoms with van der Waals surface area (Å²) < 4.78 is 0. The van der Waals surface area contributed by atoms with Crippen LogP contribution in [0.2, 0.25) is 0 Å². The van der Waals surface area contributed by atoms with E-state index in [1.165, 1.54) is 25.5 Å². The Balaban J connectivity index is 1.51.